The van der Waals surface area contributed by atoms with E-state index in [9.17, 15) is 68.4 Å². The van der Waals surface area contributed by atoms with Crippen molar-refractivity contribution in [2.24, 2.45) is 22.4 Å². The van der Waals surface area contributed by atoms with Gasteiger partial charge in [0.15, 0.2) is 5.96 Å². The first-order valence-corrected chi connectivity index (χ1v) is 22.8. The minimum Gasteiger partial charge on any atom is -0.481 e. The molecule has 1 saturated carbocycles. The lowest BCUT2D eigenvalue weighted by Crippen LogP contribution is -2.55. The topological polar surface area (TPSA) is 401 Å². The van der Waals surface area contributed by atoms with Crippen molar-refractivity contribution in [3.63, 3.8) is 0 Å². The summed E-state index contributed by atoms with van der Waals surface area (Å²) in [5.74, 6) is -9.36. The summed E-state index contributed by atoms with van der Waals surface area (Å²) in [5, 5.41) is 53.7. The molecule has 2 bridgehead atoms. The lowest BCUT2D eigenvalue weighted by molar-refractivity contribution is -0.141. The fourth-order valence-electron chi connectivity index (χ4n) is 8.13. The molecule has 5 atom stereocenters. The van der Waals surface area contributed by atoms with E-state index in [2.05, 4.69) is 36.9 Å². The maximum atomic E-state index is 13.9. The molecule has 382 valence electrons. The summed E-state index contributed by atoms with van der Waals surface area (Å²) >= 11 is 0. The van der Waals surface area contributed by atoms with Gasteiger partial charge in [0.1, 0.15) is 18.1 Å². The van der Waals surface area contributed by atoms with Gasteiger partial charge in [0.05, 0.1) is 39.1 Å². The van der Waals surface area contributed by atoms with Crippen LogP contribution in [0.3, 0.4) is 0 Å². The molecule has 0 aromatic rings. The number of hydrogen-bond acceptors (Lipinski definition) is 15. The molecule has 0 unspecified atom stereocenters. The van der Waals surface area contributed by atoms with Crippen molar-refractivity contribution in [2.75, 3.05) is 98.2 Å². The Labute approximate surface area is 393 Å². The Bertz CT molecular complexity index is 1770. The maximum Gasteiger partial charge on any atom is 0.317 e. The maximum absolute atomic E-state index is 13.9. The van der Waals surface area contributed by atoms with Gasteiger partial charge in [-0.25, -0.2) is 0 Å². The van der Waals surface area contributed by atoms with Crippen LogP contribution < -0.4 is 43.4 Å². The molecular weight excluding hydrogens is 899 g/mol. The molecule has 27 heteroatoms. The van der Waals surface area contributed by atoms with Gasteiger partial charge in [-0.05, 0) is 51.4 Å². The van der Waals surface area contributed by atoms with Gasteiger partial charge in [-0.2, -0.15) is 0 Å². The Balaban J connectivity index is 1.72. The molecule has 0 spiro atoms. The van der Waals surface area contributed by atoms with Crippen molar-refractivity contribution >= 4 is 65.3 Å². The van der Waals surface area contributed by atoms with Crippen molar-refractivity contribution in [3.8, 4) is 0 Å². The number of carboxylic acids is 4. The first-order chi connectivity index (χ1) is 32.3. The molecule has 0 aromatic heterocycles. The Morgan fingerprint density at radius 2 is 1.09 bits per heavy atom. The van der Waals surface area contributed by atoms with Crippen molar-refractivity contribution in [1.82, 2.24) is 51.5 Å². The van der Waals surface area contributed by atoms with E-state index in [0.29, 0.717) is 32.1 Å². The second-order valence-corrected chi connectivity index (χ2v) is 17.2. The third kappa shape index (κ3) is 22.5. The highest BCUT2D eigenvalue weighted by Gasteiger charge is 2.34. The van der Waals surface area contributed by atoms with Crippen LogP contribution in [-0.4, -0.2) is 228 Å². The molecule has 0 radical (unpaired) electrons. The Morgan fingerprint density at radius 3 is 1.62 bits per heavy atom. The minimum atomic E-state index is -1.47. The van der Waals surface area contributed by atoms with E-state index in [1.54, 1.807) is 19.6 Å². The molecule has 14 N–H and O–H groups in total. The summed E-state index contributed by atoms with van der Waals surface area (Å²) in [7, 11) is 0. The standard InChI is InChI=1S/C41H69N13O14/c42-41(43)45-10-4-8-28-38(66)46-21-31(55)48-30(20-33(57)58)40(68)47-27-6-3-5-26(19-27)37(65)49-29(39(67)50-28)7-1-2-9-44-32(56)22-51-11-13-52(23-34(59)60)15-17-54(25-36(63)64)18-16-53(14-12-51)24-35(61)62/h26-30H,1-25H2,(H,44,56)(H,46,66)(H,47,68)(H,48,55)(H,49,65)(H,50,67)(H,57,58)(H,59,60)(H,61,62)(H,63,64)(H4,42,43,45)/t26-,27+,28+,29+,30+/m1/s1. The van der Waals surface area contributed by atoms with E-state index in [1.165, 1.54) is 0 Å². The summed E-state index contributed by atoms with van der Waals surface area (Å²) in [6.07, 6.45) is 1.85. The largest absolute Gasteiger partial charge is 0.481 e. The Hall–Kier alpha value is -6.19. The molecule has 0 aromatic carbocycles. The lowest BCUT2D eigenvalue weighted by atomic mass is 9.84. The van der Waals surface area contributed by atoms with E-state index in [0.717, 1.165) is 0 Å². The summed E-state index contributed by atoms with van der Waals surface area (Å²) in [4.78, 5) is 137. The normalized spacial score (nSPS) is 23.9. The molecule has 27 nitrogen and oxygen atoms in total. The van der Waals surface area contributed by atoms with Crippen LogP contribution >= 0.6 is 0 Å². The summed E-state index contributed by atoms with van der Waals surface area (Å²) < 4.78 is 0. The average molecular weight is 968 g/mol. The number of amides is 6. The molecule has 3 rings (SSSR count). The first-order valence-electron chi connectivity index (χ1n) is 22.8. The molecular formula is C41H69N13O14. The van der Waals surface area contributed by atoms with Crippen LogP contribution in [0, 0.1) is 5.92 Å². The second-order valence-electron chi connectivity index (χ2n) is 17.2. The van der Waals surface area contributed by atoms with Crippen LogP contribution in [-0.2, 0) is 47.9 Å². The van der Waals surface area contributed by atoms with Crippen molar-refractivity contribution in [3.05, 3.63) is 0 Å². The van der Waals surface area contributed by atoms with Crippen LogP contribution in [0.25, 0.3) is 0 Å². The number of nitrogens with one attached hydrogen (secondary N) is 6. The highest BCUT2D eigenvalue weighted by atomic mass is 16.4. The number of nitrogens with two attached hydrogens (primary N) is 2. The molecule has 2 aliphatic heterocycles. The van der Waals surface area contributed by atoms with E-state index >= 15 is 0 Å². The van der Waals surface area contributed by atoms with E-state index in [4.69, 9.17) is 11.5 Å². The Kier molecular flexibility index (Phi) is 24.4. The zero-order valence-electron chi connectivity index (χ0n) is 38.3. The molecule has 3 aliphatic rings. The number of rotatable bonds is 19. The lowest BCUT2D eigenvalue weighted by Gasteiger charge is -2.32. The third-order valence-corrected chi connectivity index (χ3v) is 11.7. The summed E-state index contributed by atoms with van der Waals surface area (Å²) in [6.45, 7) is 0.421. The monoisotopic (exact) mass is 968 g/mol. The predicted octanol–water partition coefficient (Wildman–Crippen LogP) is -5.46. The fraction of sp³-hybridized carbons (Fsp3) is 0.732. The summed E-state index contributed by atoms with van der Waals surface area (Å²) in [6, 6.07) is -4.39. The quantitative estimate of drug-likeness (QED) is 0.0326. The predicted molar refractivity (Wildman–Crippen MR) is 240 cm³/mol. The third-order valence-electron chi connectivity index (χ3n) is 11.7. The molecule has 68 heavy (non-hydrogen) atoms. The highest BCUT2D eigenvalue weighted by molar-refractivity contribution is 5.95. The first kappa shape index (κ1) is 56.1. The van der Waals surface area contributed by atoms with Gasteiger partial charge in [-0.1, -0.05) is 6.42 Å². The molecule has 2 saturated heterocycles. The van der Waals surface area contributed by atoms with Gasteiger partial charge >= 0.3 is 23.9 Å². The molecule has 2 heterocycles. The number of aliphatic carboxylic acids is 4. The van der Waals surface area contributed by atoms with E-state index < -0.39 is 96.5 Å². The number of hydrogen-bond donors (Lipinski definition) is 12. The number of carbonyl (C=O) groups excluding carboxylic acids is 6. The van der Waals surface area contributed by atoms with Crippen LogP contribution in [0.4, 0.5) is 0 Å². The van der Waals surface area contributed by atoms with Crippen LogP contribution in [0.15, 0.2) is 4.99 Å². The number of nitrogens with zero attached hydrogens (tertiary/aromatic N) is 5. The zero-order valence-corrected chi connectivity index (χ0v) is 38.3. The molecule has 3 fully saturated rings. The number of guanidine groups is 1. The zero-order chi connectivity index (χ0) is 50.2. The average Bonchev–Trinajstić information content (AvgIpc) is 3.25. The number of carbonyl (C=O) groups is 10. The SMILES string of the molecule is NC(N)=NCCC[C@@H]1NC(=O)[C@H](CCCCNC(=O)CN2CCN(CC(=O)O)CCN(CC(=O)O)CCN(CC(=O)O)CC2)NC(=O)[C@@H]2CCC[C@@H](C2)NC(=O)[C@H](CC(=O)O)NC(=O)CNC1=O. The van der Waals surface area contributed by atoms with Crippen molar-refractivity contribution in [2.45, 2.75) is 88.4 Å². The van der Waals surface area contributed by atoms with Gasteiger partial charge in [0.2, 0.25) is 35.4 Å². The summed E-state index contributed by atoms with van der Waals surface area (Å²) in [5.41, 5.74) is 10.9. The van der Waals surface area contributed by atoms with Gasteiger partial charge < -0.3 is 63.8 Å². The smallest absolute Gasteiger partial charge is 0.317 e. The fourth-order valence-corrected chi connectivity index (χ4v) is 8.13. The van der Waals surface area contributed by atoms with Gasteiger partial charge in [-0.15, -0.1) is 0 Å². The van der Waals surface area contributed by atoms with Crippen LogP contribution in [0.1, 0.15) is 64.2 Å². The van der Waals surface area contributed by atoms with E-state index in [1.807, 2.05) is 0 Å². The molecule has 6 amide bonds. The molecule has 1 aliphatic carbocycles. The second kappa shape index (κ2) is 29.5. The van der Waals surface area contributed by atoms with E-state index in [-0.39, 0.29) is 129 Å². The minimum absolute atomic E-state index is 0.00855. The number of carboxylic acid groups (broad SMARTS) is 4. The number of unbranched alkanes of at least 4 members (excludes halogenated alkanes) is 1. The highest BCUT2D eigenvalue weighted by Crippen LogP contribution is 2.25. The Morgan fingerprint density at radius 1 is 0.588 bits per heavy atom. The van der Waals surface area contributed by atoms with Crippen molar-refractivity contribution < 1.29 is 68.4 Å². The van der Waals surface area contributed by atoms with Crippen LogP contribution in [0.2, 0.25) is 0 Å². The number of fused-ring (bicyclic) bond motifs is 2. The number of aliphatic imine (C=N–C) groups is 1. The van der Waals surface area contributed by atoms with Gasteiger partial charge in [-0.3, -0.25) is 72.5 Å². The van der Waals surface area contributed by atoms with Gasteiger partial charge in [0.25, 0.3) is 0 Å². The van der Waals surface area contributed by atoms with Gasteiger partial charge in [0, 0.05) is 77.4 Å². The van der Waals surface area contributed by atoms with Crippen molar-refractivity contribution in [1.29, 1.82) is 0 Å². The van der Waals surface area contributed by atoms with Crippen LogP contribution in [0.5, 0.6) is 0 Å².